The lowest BCUT2D eigenvalue weighted by Gasteiger charge is -2.07. The lowest BCUT2D eigenvalue weighted by atomic mass is 10.2. The van der Waals surface area contributed by atoms with Crippen LogP contribution in [0.2, 0.25) is 5.02 Å². The van der Waals surface area contributed by atoms with Crippen LogP contribution in [0.4, 0.5) is 0 Å². The van der Waals surface area contributed by atoms with E-state index in [1.54, 1.807) is 25.2 Å². The molecule has 0 aliphatic carbocycles. The molecule has 0 radical (unpaired) electrons. The molecule has 0 aliphatic heterocycles. The van der Waals surface area contributed by atoms with Gasteiger partial charge in [0.15, 0.2) is 5.96 Å². The molecule has 7 nitrogen and oxygen atoms in total. The highest BCUT2D eigenvalue weighted by Crippen LogP contribution is 2.32. The van der Waals surface area contributed by atoms with Crippen LogP contribution in [-0.4, -0.2) is 37.1 Å². The molecule has 9 heteroatoms. The highest BCUT2D eigenvalue weighted by Gasteiger charge is 2.14. The van der Waals surface area contributed by atoms with Crippen molar-refractivity contribution in [1.29, 1.82) is 0 Å². The summed E-state index contributed by atoms with van der Waals surface area (Å²) in [4.78, 5) is 18.7. The summed E-state index contributed by atoms with van der Waals surface area (Å²) >= 11 is 6.16. The average Bonchev–Trinajstić information content (AvgIpc) is 2.96. The molecular formula is C14H19Cl2N5O2. The Labute approximate surface area is 144 Å². The fourth-order valence-corrected chi connectivity index (χ4v) is 2.10. The standard InChI is InChI=1S/C14H18ClN5O2.ClH/c1-18-14(17)20-13(21)10-7-8-9(15)3-4-11(12(8)19-10)22-6-2-5-16;/h3-4,7,19H,2,5-6,16H2,1H3,(H3,17,18,20,21);1H. The minimum atomic E-state index is -0.493. The summed E-state index contributed by atoms with van der Waals surface area (Å²) in [7, 11) is 1.58. The molecule has 0 saturated heterocycles. The third-order valence-corrected chi connectivity index (χ3v) is 3.35. The van der Waals surface area contributed by atoms with E-state index in [-0.39, 0.29) is 24.1 Å². The molecule has 126 valence electrons. The Balaban J connectivity index is 0.00000264. The van der Waals surface area contributed by atoms with E-state index in [0.29, 0.717) is 34.8 Å². The maximum absolute atomic E-state index is 12.0. The molecule has 1 aromatic heterocycles. The molecule has 1 aromatic carbocycles. The predicted octanol–water partition coefficient (Wildman–Crippen LogP) is 1.65. The number of hydrogen-bond acceptors (Lipinski definition) is 3. The highest BCUT2D eigenvalue weighted by molar-refractivity contribution is 6.35. The van der Waals surface area contributed by atoms with Crippen molar-refractivity contribution in [2.45, 2.75) is 6.42 Å². The number of guanidine groups is 1. The number of nitrogens with one attached hydrogen (secondary N) is 2. The van der Waals surface area contributed by atoms with Crippen LogP contribution in [-0.2, 0) is 0 Å². The molecule has 6 N–H and O–H groups in total. The van der Waals surface area contributed by atoms with Gasteiger partial charge in [-0.1, -0.05) is 11.6 Å². The van der Waals surface area contributed by atoms with Gasteiger partial charge in [0.25, 0.3) is 5.91 Å². The lowest BCUT2D eigenvalue weighted by Crippen LogP contribution is -2.28. The number of aromatic amines is 1. The molecule has 0 bridgehead atoms. The summed E-state index contributed by atoms with van der Waals surface area (Å²) in [5.41, 5.74) is 11.9. The predicted molar refractivity (Wildman–Crippen MR) is 94.7 cm³/mol. The Morgan fingerprint density at radius 1 is 1.48 bits per heavy atom. The second kappa shape index (κ2) is 8.61. The number of H-pyrrole nitrogens is 1. The fraction of sp³-hybridized carbons (Fsp3) is 0.286. The van der Waals surface area contributed by atoms with Gasteiger partial charge in [0.1, 0.15) is 11.4 Å². The molecule has 2 aromatic rings. The number of fused-ring (bicyclic) bond motifs is 1. The molecular weight excluding hydrogens is 341 g/mol. The quantitative estimate of drug-likeness (QED) is 0.367. The van der Waals surface area contributed by atoms with E-state index in [1.165, 1.54) is 0 Å². The molecule has 23 heavy (non-hydrogen) atoms. The van der Waals surface area contributed by atoms with Crippen LogP contribution in [0.25, 0.3) is 10.9 Å². The number of ether oxygens (including phenoxy) is 1. The van der Waals surface area contributed by atoms with E-state index < -0.39 is 5.91 Å². The summed E-state index contributed by atoms with van der Waals surface area (Å²) in [6.45, 7) is 1.03. The largest absolute Gasteiger partial charge is 0.491 e. The second-order valence-electron chi connectivity index (χ2n) is 4.56. The van der Waals surface area contributed by atoms with Crippen molar-refractivity contribution in [3.8, 4) is 5.75 Å². The van der Waals surface area contributed by atoms with Gasteiger partial charge in [-0.15, -0.1) is 12.4 Å². The SMILES string of the molecule is CNC(N)=NC(=O)c1cc2c(Cl)ccc(OCCCN)c2[nH]1.Cl. The Kier molecular flexibility index (Phi) is 7.15. The van der Waals surface area contributed by atoms with Crippen molar-refractivity contribution in [3.63, 3.8) is 0 Å². The van der Waals surface area contributed by atoms with Crippen LogP contribution in [0.3, 0.4) is 0 Å². The van der Waals surface area contributed by atoms with Crippen LogP contribution in [0, 0.1) is 0 Å². The highest BCUT2D eigenvalue weighted by atomic mass is 35.5. The maximum Gasteiger partial charge on any atom is 0.296 e. The van der Waals surface area contributed by atoms with E-state index in [1.807, 2.05) is 0 Å². The van der Waals surface area contributed by atoms with Crippen LogP contribution >= 0.6 is 24.0 Å². The first-order valence-electron chi connectivity index (χ1n) is 6.77. The van der Waals surface area contributed by atoms with Gasteiger partial charge in [-0.25, -0.2) is 0 Å². The normalized spacial score (nSPS) is 11.2. The van der Waals surface area contributed by atoms with Gasteiger partial charge in [-0.2, -0.15) is 4.99 Å². The first-order valence-corrected chi connectivity index (χ1v) is 7.15. The Hall–Kier alpha value is -1.96. The zero-order valence-electron chi connectivity index (χ0n) is 12.6. The monoisotopic (exact) mass is 359 g/mol. The van der Waals surface area contributed by atoms with Crippen molar-refractivity contribution >= 4 is 46.8 Å². The van der Waals surface area contributed by atoms with E-state index in [4.69, 9.17) is 27.8 Å². The van der Waals surface area contributed by atoms with Gasteiger partial charge >= 0.3 is 0 Å². The number of hydrogen-bond donors (Lipinski definition) is 4. The number of benzene rings is 1. The number of aromatic nitrogens is 1. The maximum atomic E-state index is 12.0. The lowest BCUT2D eigenvalue weighted by molar-refractivity contribution is 0.0998. The molecule has 0 atom stereocenters. The summed E-state index contributed by atoms with van der Waals surface area (Å²) in [5.74, 6) is 0.152. The number of amides is 1. The molecule has 1 heterocycles. The molecule has 0 unspecified atom stereocenters. The summed E-state index contributed by atoms with van der Waals surface area (Å²) in [6.07, 6.45) is 0.736. The van der Waals surface area contributed by atoms with Crippen molar-refractivity contribution in [2.75, 3.05) is 20.2 Å². The smallest absolute Gasteiger partial charge is 0.296 e. The van der Waals surface area contributed by atoms with Crippen LogP contribution in [0.1, 0.15) is 16.9 Å². The van der Waals surface area contributed by atoms with Gasteiger partial charge in [-0.3, -0.25) is 4.79 Å². The van der Waals surface area contributed by atoms with Crippen molar-refractivity contribution in [3.05, 3.63) is 28.9 Å². The average molecular weight is 360 g/mol. The molecule has 0 fully saturated rings. The molecule has 0 spiro atoms. The molecule has 1 amide bonds. The zero-order chi connectivity index (χ0) is 16.1. The topological polar surface area (TPSA) is 119 Å². The minimum Gasteiger partial charge on any atom is -0.491 e. The fourth-order valence-electron chi connectivity index (χ4n) is 1.89. The van der Waals surface area contributed by atoms with Gasteiger partial charge in [0.2, 0.25) is 0 Å². The molecule has 0 saturated carbocycles. The van der Waals surface area contributed by atoms with Crippen LogP contribution in [0.5, 0.6) is 5.75 Å². The number of nitrogens with two attached hydrogens (primary N) is 2. The third kappa shape index (κ3) is 4.51. The van der Waals surface area contributed by atoms with Gasteiger partial charge in [0, 0.05) is 12.4 Å². The minimum absolute atomic E-state index is 0. The van der Waals surface area contributed by atoms with Crippen molar-refractivity contribution in [1.82, 2.24) is 10.3 Å². The van der Waals surface area contributed by atoms with Gasteiger partial charge in [0.05, 0.1) is 17.1 Å². The van der Waals surface area contributed by atoms with E-state index in [9.17, 15) is 4.79 Å². The number of rotatable bonds is 5. The summed E-state index contributed by atoms with van der Waals surface area (Å²) in [5, 5.41) is 3.79. The number of carbonyl (C=O) groups is 1. The number of aliphatic imine (C=N–C) groups is 1. The third-order valence-electron chi connectivity index (χ3n) is 3.02. The first-order chi connectivity index (χ1) is 10.6. The number of nitrogens with zero attached hydrogens (tertiary/aromatic N) is 1. The Bertz CT molecular complexity index is 715. The van der Waals surface area contributed by atoms with Gasteiger partial charge < -0.3 is 26.5 Å². The van der Waals surface area contributed by atoms with Crippen molar-refractivity contribution in [2.24, 2.45) is 16.5 Å². The zero-order valence-corrected chi connectivity index (χ0v) is 14.1. The number of carbonyl (C=O) groups excluding carboxylic acids is 1. The second-order valence-corrected chi connectivity index (χ2v) is 4.97. The van der Waals surface area contributed by atoms with Crippen LogP contribution < -0.4 is 21.5 Å². The Morgan fingerprint density at radius 2 is 2.22 bits per heavy atom. The van der Waals surface area contributed by atoms with Crippen LogP contribution in [0.15, 0.2) is 23.2 Å². The van der Waals surface area contributed by atoms with E-state index >= 15 is 0 Å². The summed E-state index contributed by atoms with van der Waals surface area (Å²) < 4.78 is 5.66. The first kappa shape index (κ1) is 19.1. The van der Waals surface area contributed by atoms with Gasteiger partial charge in [-0.05, 0) is 31.2 Å². The number of halogens is 2. The van der Waals surface area contributed by atoms with E-state index in [0.717, 1.165) is 6.42 Å². The Morgan fingerprint density at radius 3 is 2.87 bits per heavy atom. The van der Waals surface area contributed by atoms with Crippen molar-refractivity contribution < 1.29 is 9.53 Å². The van der Waals surface area contributed by atoms with E-state index in [2.05, 4.69) is 15.3 Å². The molecule has 2 rings (SSSR count). The summed E-state index contributed by atoms with van der Waals surface area (Å²) in [6, 6.07) is 5.09. The molecule has 0 aliphatic rings.